The minimum atomic E-state index is -1.35. The lowest BCUT2D eigenvalue weighted by molar-refractivity contribution is -0.123. The van der Waals surface area contributed by atoms with Gasteiger partial charge in [0.25, 0.3) is 0 Å². The molecule has 0 radical (unpaired) electrons. The van der Waals surface area contributed by atoms with Crippen molar-refractivity contribution in [2.24, 2.45) is 11.5 Å². The highest BCUT2D eigenvalue weighted by atomic mass is 16.5. The maximum absolute atomic E-state index is 11.8. The Hall–Kier alpha value is -1.91. The van der Waals surface area contributed by atoms with Crippen molar-refractivity contribution in [3.63, 3.8) is 0 Å². The first kappa shape index (κ1) is 20.1. The highest BCUT2D eigenvalue weighted by molar-refractivity contribution is 5.86. The number of nitrogens with one attached hydrogen (secondary N) is 2. The molecular formula is C12H24N4O6. The van der Waals surface area contributed by atoms with Crippen molar-refractivity contribution in [3.8, 4) is 0 Å². The van der Waals surface area contributed by atoms with Crippen molar-refractivity contribution in [2.75, 3.05) is 39.5 Å². The van der Waals surface area contributed by atoms with Gasteiger partial charge in [-0.2, -0.15) is 0 Å². The zero-order valence-corrected chi connectivity index (χ0v) is 12.4. The van der Waals surface area contributed by atoms with Gasteiger partial charge >= 0.3 is 6.09 Å². The highest BCUT2D eigenvalue weighted by Gasteiger charge is 2.20. The summed E-state index contributed by atoms with van der Waals surface area (Å²) < 4.78 is 10.3. The second kappa shape index (κ2) is 12.8. The molecule has 0 aliphatic carbocycles. The van der Waals surface area contributed by atoms with E-state index < -0.39 is 23.9 Å². The molecule has 0 saturated heterocycles. The van der Waals surface area contributed by atoms with Crippen LogP contribution in [0.1, 0.15) is 12.8 Å². The summed E-state index contributed by atoms with van der Waals surface area (Å²) >= 11 is 0. The summed E-state index contributed by atoms with van der Waals surface area (Å²) in [5, 5.41) is 13.2. The molecule has 7 N–H and O–H groups in total. The summed E-state index contributed by atoms with van der Waals surface area (Å²) in [6.45, 7) is 2.15. The maximum Gasteiger partial charge on any atom is 0.405 e. The van der Waals surface area contributed by atoms with E-state index in [4.69, 9.17) is 26.0 Å². The lowest BCUT2D eigenvalue weighted by atomic mass is 10.1. The van der Waals surface area contributed by atoms with Crippen LogP contribution in [0.4, 0.5) is 4.79 Å². The van der Waals surface area contributed by atoms with Gasteiger partial charge in [0, 0.05) is 19.5 Å². The molecule has 10 heteroatoms. The van der Waals surface area contributed by atoms with Crippen LogP contribution in [0, 0.1) is 0 Å². The molecule has 0 saturated carbocycles. The summed E-state index contributed by atoms with van der Waals surface area (Å²) in [5.41, 5.74) is 10.2. The van der Waals surface area contributed by atoms with Crippen LogP contribution < -0.4 is 22.1 Å². The summed E-state index contributed by atoms with van der Waals surface area (Å²) in [4.78, 5) is 33.1. The van der Waals surface area contributed by atoms with Crippen molar-refractivity contribution in [1.82, 2.24) is 10.6 Å². The predicted molar refractivity (Wildman–Crippen MR) is 77.1 cm³/mol. The molecule has 1 unspecified atom stereocenters. The first-order chi connectivity index (χ1) is 10.5. The minimum Gasteiger partial charge on any atom is -0.465 e. The molecule has 0 bridgehead atoms. The molecular weight excluding hydrogens is 296 g/mol. The zero-order valence-electron chi connectivity index (χ0n) is 12.4. The van der Waals surface area contributed by atoms with Gasteiger partial charge in [-0.15, -0.1) is 0 Å². The fraction of sp³-hybridized carbons (Fsp3) is 0.750. The molecule has 1 atom stereocenters. The van der Waals surface area contributed by atoms with E-state index in [-0.39, 0.29) is 26.0 Å². The minimum absolute atomic E-state index is 0.00124. The van der Waals surface area contributed by atoms with Gasteiger partial charge in [-0.1, -0.05) is 0 Å². The molecule has 0 aromatic heterocycles. The topological polar surface area (TPSA) is 166 Å². The molecule has 0 spiro atoms. The Labute approximate surface area is 128 Å². The van der Waals surface area contributed by atoms with Crippen LogP contribution in [0.3, 0.4) is 0 Å². The van der Waals surface area contributed by atoms with Gasteiger partial charge < -0.3 is 36.7 Å². The monoisotopic (exact) mass is 320 g/mol. The smallest absolute Gasteiger partial charge is 0.405 e. The molecule has 22 heavy (non-hydrogen) atoms. The van der Waals surface area contributed by atoms with Crippen molar-refractivity contribution < 1.29 is 29.0 Å². The van der Waals surface area contributed by atoms with E-state index in [1.54, 1.807) is 0 Å². The molecule has 0 fully saturated rings. The number of carbonyl (C=O) groups is 3. The van der Waals surface area contributed by atoms with Gasteiger partial charge in [0.05, 0.1) is 26.4 Å². The normalized spacial score (nSPS) is 11.7. The molecule has 3 amide bonds. The third-order valence-corrected chi connectivity index (χ3v) is 2.47. The predicted octanol–water partition coefficient (Wildman–Crippen LogP) is -2.00. The molecule has 0 heterocycles. The molecule has 10 nitrogen and oxygen atoms in total. The van der Waals surface area contributed by atoms with Crippen LogP contribution in [0.15, 0.2) is 0 Å². The van der Waals surface area contributed by atoms with E-state index in [0.717, 1.165) is 0 Å². The van der Waals surface area contributed by atoms with E-state index in [1.165, 1.54) is 0 Å². The van der Waals surface area contributed by atoms with Crippen LogP contribution in [0.25, 0.3) is 0 Å². The Morgan fingerprint density at radius 3 is 2.27 bits per heavy atom. The number of hydrogen-bond acceptors (Lipinski definition) is 6. The maximum atomic E-state index is 11.8. The number of hydrogen-bond donors (Lipinski definition) is 5. The number of ether oxygens (including phenoxy) is 2. The fourth-order valence-electron chi connectivity index (χ4n) is 1.48. The average Bonchev–Trinajstić information content (AvgIpc) is 2.45. The molecule has 0 rings (SSSR count). The first-order valence-corrected chi connectivity index (χ1v) is 6.88. The van der Waals surface area contributed by atoms with Crippen LogP contribution in [0.5, 0.6) is 0 Å². The number of amides is 3. The quantitative estimate of drug-likeness (QED) is 0.245. The van der Waals surface area contributed by atoms with Gasteiger partial charge in [-0.3, -0.25) is 9.59 Å². The number of carboxylic acid groups (broad SMARTS) is 1. The van der Waals surface area contributed by atoms with Gasteiger partial charge in [-0.05, 0) is 6.42 Å². The third-order valence-electron chi connectivity index (χ3n) is 2.47. The van der Waals surface area contributed by atoms with E-state index in [9.17, 15) is 14.4 Å². The third kappa shape index (κ3) is 11.9. The van der Waals surface area contributed by atoms with Crippen molar-refractivity contribution in [2.45, 2.75) is 18.9 Å². The van der Waals surface area contributed by atoms with E-state index in [0.29, 0.717) is 26.4 Å². The second-order valence-electron chi connectivity index (χ2n) is 4.31. The van der Waals surface area contributed by atoms with Crippen LogP contribution in [-0.2, 0) is 19.1 Å². The molecule has 0 aliphatic heterocycles. The van der Waals surface area contributed by atoms with E-state index in [2.05, 4.69) is 5.32 Å². The molecule has 128 valence electrons. The zero-order chi connectivity index (χ0) is 16.8. The standard InChI is InChI=1S/C12H24N4O6/c13-3-5-21-7-8-22-6-4-15-11(18)9(16-12(19)20)1-2-10(14)17/h9,16H,1-8,13H2,(H2,14,17)(H,15,18)(H,19,20). The van der Waals surface area contributed by atoms with Crippen molar-refractivity contribution in [3.05, 3.63) is 0 Å². The molecule has 0 aromatic rings. The Morgan fingerprint density at radius 1 is 1.09 bits per heavy atom. The summed E-state index contributed by atoms with van der Waals surface area (Å²) in [7, 11) is 0. The Balaban J connectivity index is 3.87. The number of primary amides is 1. The largest absolute Gasteiger partial charge is 0.465 e. The van der Waals surface area contributed by atoms with Crippen LogP contribution >= 0.6 is 0 Å². The van der Waals surface area contributed by atoms with Gasteiger partial charge in [-0.25, -0.2) is 4.79 Å². The van der Waals surface area contributed by atoms with Gasteiger partial charge in [0.1, 0.15) is 6.04 Å². The lowest BCUT2D eigenvalue weighted by Gasteiger charge is -2.16. The summed E-state index contributed by atoms with van der Waals surface area (Å²) in [6, 6.07) is -1.03. The SMILES string of the molecule is NCCOCCOCCNC(=O)C(CCC(N)=O)NC(=O)O. The van der Waals surface area contributed by atoms with Crippen LogP contribution in [-0.4, -0.2) is 68.6 Å². The molecule has 0 aromatic carbocycles. The Kier molecular flexibility index (Phi) is 11.7. The summed E-state index contributed by atoms with van der Waals surface area (Å²) in [6.07, 6.45) is -1.44. The van der Waals surface area contributed by atoms with Crippen LogP contribution in [0.2, 0.25) is 0 Å². The highest BCUT2D eigenvalue weighted by Crippen LogP contribution is 1.97. The number of carbonyl (C=O) groups excluding carboxylic acids is 2. The van der Waals surface area contributed by atoms with Gasteiger partial charge in [0.2, 0.25) is 11.8 Å². The van der Waals surface area contributed by atoms with E-state index >= 15 is 0 Å². The van der Waals surface area contributed by atoms with Crippen molar-refractivity contribution in [1.29, 1.82) is 0 Å². The Bertz CT molecular complexity index is 353. The number of nitrogens with two attached hydrogens (primary N) is 2. The average molecular weight is 320 g/mol. The van der Waals surface area contributed by atoms with Crippen molar-refractivity contribution >= 4 is 17.9 Å². The second-order valence-corrected chi connectivity index (χ2v) is 4.31. The van der Waals surface area contributed by atoms with Gasteiger partial charge in [0.15, 0.2) is 0 Å². The van der Waals surface area contributed by atoms with E-state index in [1.807, 2.05) is 5.32 Å². The fourth-order valence-corrected chi connectivity index (χ4v) is 1.48. The lowest BCUT2D eigenvalue weighted by Crippen LogP contribution is -2.47. The first-order valence-electron chi connectivity index (χ1n) is 6.88. The summed E-state index contributed by atoms with van der Waals surface area (Å²) in [5.74, 6) is -1.14. The Morgan fingerprint density at radius 2 is 1.73 bits per heavy atom. The number of rotatable bonds is 13. The molecule has 0 aliphatic rings.